The van der Waals surface area contributed by atoms with E-state index in [1.54, 1.807) is 13.7 Å². The molecule has 3 nitrogen and oxygen atoms in total. The third-order valence-electron chi connectivity index (χ3n) is 2.45. The fourth-order valence-electron chi connectivity index (χ4n) is 1.37. The molecule has 0 aliphatic rings. The van der Waals surface area contributed by atoms with Crippen LogP contribution in [0.5, 0.6) is 0 Å². The molecule has 0 amide bonds. The molecule has 10 heteroatoms. The van der Waals surface area contributed by atoms with Crippen molar-refractivity contribution in [3.63, 3.8) is 0 Å². The van der Waals surface area contributed by atoms with E-state index >= 15 is 0 Å². The number of nitrogens with zero attached hydrogens (tertiary/aromatic N) is 3. The van der Waals surface area contributed by atoms with Crippen molar-refractivity contribution >= 4 is 87.5 Å². The van der Waals surface area contributed by atoms with Crippen molar-refractivity contribution in [3.05, 3.63) is 73.6 Å². The number of thiocarbonyl (C=S) groups is 3. The minimum absolute atomic E-state index is 0. The van der Waals surface area contributed by atoms with Crippen LogP contribution >= 0.6 is 36.7 Å². The summed E-state index contributed by atoms with van der Waals surface area (Å²) < 4.78 is 6.54. The SMILES string of the molecule is S=C([S-])n1cccc1.S=C([S-])n1cccc1.S=C([S-])n1cccc1.[Fe+3]. The molecule has 0 fully saturated rings. The molecule has 1 radical (unpaired) electrons. The van der Waals surface area contributed by atoms with Crippen molar-refractivity contribution in [2.75, 3.05) is 0 Å². The summed E-state index contributed by atoms with van der Waals surface area (Å²) in [7, 11) is 0. The molecule has 131 valence electrons. The van der Waals surface area contributed by atoms with Gasteiger partial charge in [0.05, 0.1) is 0 Å². The molecule has 3 aromatic heterocycles. The van der Waals surface area contributed by atoms with Crippen LogP contribution in [0.2, 0.25) is 0 Å². The van der Waals surface area contributed by atoms with Crippen LogP contribution in [0, 0.1) is 0 Å². The zero-order valence-corrected chi connectivity index (χ0v) is 18.6. The Balaban J connectivity index is 0.000000339. The van der Waals surface area contributed by atoms with Crippen molar-refractivity contribution in [2.45, 2.75) is 0 Å². The first-order chi connectivity index (χ1) is 11.4. The Morgan fingerprint density at radius 2 is 0.640 bits per heavy atom. The number of aromatic nitrogens is 3. The molecule has 0 N–H and O–H groups in total. The van der Waals surface area contributed by atoms with Gasteiger partial charge in [-0.25, -0.2) is 0 Å². The first kappa shape index (κ1) is 24.3. The number of hydrogen-bond acceptors (Lipinski definition) is 6. The fourth-order valence-corrected chi connectivity index (χ4v) is 2.10. The third-order valence-corrected chi connectivity index (χ3v) is 3.71. The van der Waals surface area contributed by atoms with Gasteiger partial charge < -0.3 is 88.2 Å². The summed E-state index contributed by atoms with van der Waals surface area (Å²) >= 11 is 28.2. The van der Waals surface area contributed by atoms with Gasteiger partial charge in [-0.1, -0.05) is 13.0 Å². The maximum atomic E-state index is 4.69. The van der Waals surface area contributed by atoms with E-state index in [0.29, 0.717) is 13.0 Å². The van der Waals surface area contributed by atoms with Crippen molar-refractivity contribution in [1.29, 1.82) is 0 Å². The van der Waals surface area contributed by atoms with Crippen LogP contribution < -0.4 is 0 Å². The molecule has 0 unspecified atom stereocenters. The van der Waals surface area contributed by atoms with E-state index in [0.717, 1.165) is 0 Å². The number of hydrogen-bond donors (Lipinski definition) is 0. The Morgan fingerprint density at radius 3 is 0.720 bits per heavy atom. The van der Waals surface area contributed by atoms with Crippen LogP contribution in [-0.4, -0.2) is 26.7 Å². The minimum atomic E-state index is 0. The smallest absolute Gasteiger partial charge is 0.411 e. The van der Waals surface area contributed by atoms with Gasteiger partial charge in [0.15, 0.2) is 0 Å². The molecule has 0 spiro atoms. The summed E-state index contributed by atoms with van der Waals surface area (Å²) in [5.74, 6) is 0. The van der Waals surface area contributed by atoms with Gasteiger partial charge in [0.1, 0.15) is 0 Å². The second kappa shape index (κ2) is 13.5. The van der Waals surface area contributed by atoms with Crippen molar-refractivity contribution in [1.82, 2.24) is 13.7 Å². The number of rotatable bonds is 0. The third kappa shape index (κ3) is 10.1. The molecule has 0 aromatic carbocycles. The van der Waals surface area contributed by atoms with E-state index in [1.807, 2.05) is 73.6 Å². The summed E-state index contributed by atoms with van der Waals surface area (Å²) in [5.41, 5.74) is 0. The first-order valence-corrected chi connectivity index (χ1v) is 8.89. The average molecular weight is 483 g/mol. The van der Waals surface area contributed by atoms with Crippen LogP contribution in [0.25, 0.3) is 0 Å². The fraction of sp³-hybridized carbons (Fsp3) is 0. The van der Waals surface area contributed by atoms with Crippen LogP contribution in [-0.2, 0) is 55.0 Å². The zero-order chi connectivity index (χ0) is 17.9. The molecular formula is C15H12FeN3S6. The van der Waals surface area contributed by atoms with E-state index in [9.17, 15) is 0 Å². The summed E-state index contributed by atoms with van der Waals surface area (Å²) in [6.07, 6.45) is 11.0. The normalized spacial score (nSPS) is 8.64. The summed E-state index contributed by atoms with van der Waals surface area (Å²) in [6.45, 7) is 0. The molecular weight excluding hydrogens is 470 g/mol. The molecule has 3 rings (SSSR count). The van der Waals surface area contributed by atoms with Gasteiger partial charge in [-0.05, 0) is 36.4 Å². The van der Waals surface area contributed by atoms with Gasteiger partial charge >= 0.3 is 17.1 Å². The maximum absolute atomic E-state index is 4.69. The van der Waals surface area contributed by atoms with Crippen LogP contribution in [0.15, 0.2) is 73.6 Å². The monoisotopic (exact) mass is 482 g/mol. The van der Waals surface area contributed by atoms with Gasteiger partial charge in [-0.15, -0.1) is 0 Å². The Hall–Kier alpha value is -0.711. The van der Waals surface area contributed by atoms with E-state index < -0.39 is 0 Å². The quantitative estimate of drug-likeness (QED) is 0.275. The summed E-state index contributed by atoms with van der Waals surface area (Å²) in [5, 5.41) is 0. The van der Waals surface area contributed by atoms with Crippen molar-refractivity contribution in [2.24, 2.45) is 0 Å². The molecule has 25 heavy (non-hydrogen) atoms. The minimum Gasteiger partial charge on any atom is -0.411 e. The Morgan fingerprint density at radius 1 is 0.480 bits per heavy atom. The first-order valence-electron chi connectivity index (χ1n) is 6.44. The second-order valence-electron chi connectivity index (χ2n) is 4.07. The van der Waals surface area contributed by atoms with Gasteiger partial charge in [0, 0.05) is 37.2 Å². The molecule has 3 aromatic rings. The average Bonchev–Trinajstić information content (AvgIpc) is 3.29. The Kier molecular flexibility index (Phi) is 13.1. The van der Waals surface area contributed by atoms with Gasteiger partial charge in [0.2, 0.25) is 0 Å². The summed E-state index contributed by atoms with van der Waals surface area (Å²) in [4.78, 5) is 0. The molecule has 0 bridgehead atoms. The van der Waals surface area contributed by atoms with Crippen LogP contribution in [0.4, 0.5) is 0 Å². The topological polar surface area (TPSA) is 14.8 Å². The van der Waals surface area contributed by atoms with Crippen LogP contribution in [0.3, 0.4) is 0 Å². The standard InChI is InChI=1S/3C5H5NS2.Fe/c3*7-5(8)6-3-1-2-4-6;/h3*1-4H,(H,7,8);/q;;;+3/p-3. The van der Waals surface area contributed by atoms with Gasteiger partial charge in [-0.2, -0.15) is 0 Å². The second-order valence-corrected chi connectivity index (χ2v) is 7.16. The molecule has 0 saturated heterocycles. The van der Waals surface area contributed by atoms with E-state index in [2.05, 4.69) is 0 Å². The Labute approximate surface area is 190 Å². The van der Waals surface area contributed by atoms with E-state index in [4.69, 9.17) is 74.5 Å². The van der Waals surface area contributed by atoms with Gasteiger partial charge in [-0.3, -0.25) is 0 Å². The van der Waals surface area contributed by atoms with E-state index in [-0.39, 0.29) is 17.1 Å². The molecule has 3 heterocycles. The molecule has 0 aliphatic heterocycles. The maximum Gasteiger partial charge on any atom is 3.00 e. The van der Waals surface area contributed by atoms with Crippen molar-refractivity contribution in [3.8, 4) is 0 Å². The zero-order valence-electron chi connectivity index (χ0n) is 12.6. The van der Waals surface area contributed by atoms with Crippen molar-refractivity contribution < 1.29 is 17.1 Å². The molecule has 0 saturated carbocycles. The van der Waals surface area contributed by atoms with Crippen LogP contribution in [0.1, 0.15) is 0 Å². The van der Waals surface area contributed by atoms with Gasteiger partial charge in [0.25, 0.3) is 0 Å². The predicted octanol–water partition coefficient (Wildman–Crippen LogP) is 3.50. The Bertz CT molecular complexity index is 646. The predicted molar refractivity (Wildman–Crippen MR) is 119 cm³/mol. The summed E-state index contributed by atoms with van der Waals surface area (Å²) in [6, 6.07) is 11.3. The largest absolute Gasteiger partial charge is 3.00 e. The molecule has 0 atom stereocenters. The molecule has 0 aliphatic carbocycles. The van der Waals surface area contributed by atoms with E-state index in [1.165, 1.54) is 0 Å².